The van der Waals surface area contributed by atoms with Crippen LogP contribution in [0.1, 0.15) is 67.3 Å². The number of Topliss-reactive ketones (excluding diaryl/α,β-unsaturated/α-hetero) is 2. The van der Waals surface area contributed by atoms with Gasteiger partial charge in [-0.3, -0.25) is 9.59 Å². The van der Waals surface area contributed by atoms with Crippen molar-refractivity contribution >= 4 is 28.3 Å². The molecule has 0 saturated carbocycles. The van der Waals surface area contributed by atoms with Gasteiger partial charge in [-0.15, -0.1) is 0 Å². The van der Waals surface area contributed by atoms with Gasteiger partial charge in [0, 0.05) is 10.9 Å². The highest BCUT2D eigenvalue weighted by molar-refractivity contribution is 6.04. The fourth-order valence-electron chi connectivity index (χ4n) is 4.24. The number of phenolic OH excluding ortho intramolecular Hbond substituents is 1. The van der Waals surface area contributed by atoms with Crippen LogP contribution < -0.4 is 14.2 Å². The molecule has 0 radical (unpaired) electrons. The summed E-state index contributed by atoms with van der Waals surface area (Å²) in [6.07, 6.45) is 0.608. The zero-order valence-corrected chi connectivity index (χ0v) is 23.5. The average Bonchev–Trinajstić information content (AvgIpc) is 2.90. The first-order chi connectivity index (χ1) is 19.0. The lowest BCUT2D eigenvalue weighted by Crippen LogP contribution is -2.26. The number of carbonyl (C=O) groups is 3. The van der Waals surface area contributed by atoms with E-state index < -0.39 is 12.6 Å². The van der Waals surface area contributed by atoms with E-state index in [0.717, 1.165) is 11.8 Å². The number of carbonyl (C=O) groups excluding carboxylic acids is 2. The van der Waals surface area contributed by atoms with Crippen LogP contribution in [0.3, 0.4) is 0 Å². The van der Waals surface area contributed by atoms with Gasteiger partial charge in [0.15, 0.2) is 18.2 Å². The van der Waals surface area contributed by atoms with E-state index in [2.05, 4.69) is 0 Å². The molecular weight excluding hydrogens is 516 g/mol. The van der Waals surface area contributed by atoms with Crippen LogP contribution in [-0.2, 0) is 16.0 Å². The van der Waals surface area contributed by atoms with Gasteiger partial charge >= 0.3 is 5.97 Å². The Morgan fingerprint density at radius 2 is 1.55 bits per heavy atom. The molecule has 0 amide bonds. The highest BCUT2D eigenvalue weighted by Crippen LogP contribution is 2.35. The van der Waals surface area contributed by atoms with Gasteiger partial charge < -0.3 is 29.2 Å². The standard InChI is InChI=1S/C31H36O9/c1-6-7-26-28(13-12-24(20(4)32)30(26)36)40-19(3)16-37-18(2)15-39-31-25(21(5)33)11-9-22-8-10-23(14-27(22)31)38-17-29(34)35/h8-14,18-19,36H,6-7,15-17H2,1-5H3,(H,34,35). The lowest BCUT2D eigenvalue weighted by atomic mass is 10.0. The van der Waals surface area contributed by atoms with Crippen molar-refractivity contribution in [3.8, 4) is 23.0 Å². The molecule has 0 bridgehead atoms. The molecule has 9 heteroatoms. The number of benzene rings is 3. The summed E-state index contributed by atoms with van der Waals surface area (Å²) < 4.78 is 23.4. The van der Waals surface area contributed by atoms with Crippen molar-refractivity contribution in [2.45, 2.75) is 59.7 Å². The summed E-state index contributed by atoms with van der Waals surface area (Å²) in [5, 5.41) is 20.9. The number of carboxylic acids is 1. The van der Waals surface area contributed by atoms with E-state index in [1.54, 1.807) is 42.5 Å². The van der Waals surface area contributed by atoms with E-state index >= 15 is 0 Å². The van der Waals surface area contributed by atoms with E-state index in [4.69, 9.17) is 24.1 Å². The molecule has 40 heavy (non-hydrogen) atoms. The minimum atomic E-state index is -1.09. The number of aliphatic carboxylic acids is 1. The Hall–Kier alpha value is -4.11. The first-order valence-electron chi connectivity index (χ1n) is 13.2. The number of hydrogen-bond acceptors (Lipinski definition) is 8. The third kappa shape index (κ3) is 7.72. The number of phenols is 1. The molecule has 2 unspecified atom stereocenters. The van der Waals surface area contributed by atoms with Crippen LogP contribution in [0.4, 0.5) is 0 Å². The Balaban J connectivity index is 1.68. The number of rotatable bonds is 15. The number of hydrogen-bond donors (Lipinski definition) is 2. The highest BCUT2D eigenvalue weighted by Gasteiger charge is 2.19. The molecule has 9 nitrogen and oxygen atoms in total. The van der Waals surface area contributed by atoms with Gasteiger partial charge in [-0.25, -0.2) is 4.79 Å². The van der Waals surface area contributed by atoms with E-state index in [-0.39, 0.29) is 48.3 Å². The molecule has 0 aliphatic heterocycles. The van der Waals surface area contributed by atoms with Crippen LogP contribution in [0.2, 0.25) is 0 Å². The summed E-state index contributed by atoms with van der Waals surface area (Å²) in [6, 6.07) is 11.8. The van der Waals surface area contributed by atoms with Crippen LogP contribution in [0.5, 0.6) is 23.0 Å². The number of ether oxygens (including phenoxy) is 4. The molecule has 3 rings (SSSR count). The lowest BCUT2D eigenvalue weighted by molar-refractivity contribution is -0.139. The predicted octanol–water partition coefficient (Wildman–Crippen LogP) is 5.62. The van der Waals surface area contributed by atoms with Crippen molar-refractivity contribution in [2.24, 2.45) is 0 Å². The quantitative estimate of drug-likeness (QED) is 0.231. The van der Waals surface area contributed by atoms with E-state index in [1.165, 1.54) is 13.8 Å². The van der Waals surface area contributed by atoms with Crippen molar-refractivity contribution in [2.75, 3.05) is 19.8 Å². The Bertz CT molecular complexity index is 1380. The SMILES string of the molecule is CCCc1c(OC(C)COC(C)COc2c(C(C)=O)ccc3ccc(OCC(=O)O)cc23)ccc(C(C)=O)c1O. The fraction of sp³-hybridized carbons (Fsp3) is 0.387. The minimum absolute atomic E-state index is 0.0467. The van der Waals surface area contributed by atoms with Crippen molar-refractivity contribution in [3.63, 3.8) is 0 Å². The van der Waals surface area contributed by atoms with Gasteiger partial charge in [0.1, 0.15) is 35.7 Å². The number of fused-ring (bicyclic) bond motifs is 1. The van der Waals surface area contributed by atoms with E-state index in [1.807, 2.05) is 20.8 Å². The summed E-state index contributed by atoms with van der Waals surface area (Å²) in [7, 11) is 0. The second-order valence-corrected chi connectivity index (χ2v) is 9.69. The average molecular weight is 553 g/mol. The molecule has 0 saturated heterocycles. The summed E-state index contributed by atoms with van der Waals surface area (Å²) in [6.45, 7) is 8.41. The van der Waals surface area contributed by atoms with Crippen LogP contribution in [-0.4, -0.2) is 59.8 Å². The van der Waals surface area contributed by atoms with Gasteiger partial charge in [0.25, 0.3) is 0 Å². The van der Waals surface area contributed by atoms with Crippen molar-refractivity contribution in [1.29, 1.82) is 0 Å². The first-order valence-corrected chi connectivity index (χ1v) is 13.2. The second kappa shape index (κ2) is 13.8. The van der Waals surface area contributed by atoms with Crippen LogP contribution in [0, 0.1) is 0 Å². The molecule has 2 N–H and O–H groups in total. The monoisotopic (exact) mass is 552 g/mol. The normalized spacial score (nSPS) is 12.5. The number of carboxylic acid groups (broad SMARTS) is 1. The molecule has 2 atom stereocenters. The highest BCUT2D eigenvalue weighted by atomic mass is 16.6. The van der Waals surface area contributed by atoms with E-state index in [0.29, 0.717) is 40.2 Å². The Labute approximate surface area is 233 Å². The Morgan fingerprint density at radius 1 is 0.875 bits per heavy atom. The molecule has 3 aromatic carbocycles. The van der Waals surface area contributed by atoms with Gasteiger partial charge in [0.05, 0.1) is 23.8 Å². The lowest BCUT2D eigenvalue weighted by Gasteiger charge is -2.22. The summed E-state index contributed by atoms with van der Waals surface area (Å²) in [5.74, 6) is -0.302. The van der Waals surface area contributed by atoms with Gasteiger partial charge in [-0.05, 0) is 69.8 Å². The minimum Gasteiger partial charge on any atom is -0.507 e. The molecule has 0 heterocycles. The maximum Gasteiger partial charge on any atom is 0.341 e. The third-order valence-corrected chi connectivity index (χ3v) is 6.21. The maximum atomic E-state index is 12.3. The molecule has 0 fully saturated rings. The zero-order valence-electron chi connectivity index (χ0n) is 23.5. The molecular formula is C31H36O9. The topological polar surface area (TPSA) is 129 Å². The van der Waals surface area contributed by atoms with Crippen molar-refractivity contribution < 1.29 is 43.5 Å². The van der Waals surface area contributed by atoms with Crippen molar-refractivity contribution in [3.05, 3.63) is 59.2 Å². The van der Waals surface area contributed by atoms with Gasteiger partial charge in [0.2, 0.25) is 0 Å². The van der Waals surface area contributed by atoms with Crippen LogP contribution in [0.25, 0.3) is 10.8 Å². The number of ketones is 2. The number of aromatic hydroxyl groups is 1. The summed E-state index contributed by atoms with van der Waals surface area (Å²) in [4.78, 5) is 35.0. The second-order valence-electron chi connectivity index (χ2n) is 9.69. The van der Waals surface area contributed by atoms with Crippen molar-refractivity contribution in [1.82, 2.24) is 0 Å². The predicted molar refractivity (Wildman–Crippen MR) is 150 cm³/mol. The third-order valence-electron chi connectivity index (χ3n) is 6.21. The molecule has 0 aliphatic carbocycles. The zero-order chi connectivity index (χ0) is 29.4. The summed E-state index contributed by atoms with van der Waals surface area (Å²) >= 11 is 0. The van der Waals surface area contributed by atoms with Crippen LogP contribution >= 0.6 is 0 Å². The molecule has 0 aliphatic rings. The Morgan fingerprint density at radius 3 is 2.20 bits per heavy atom. The Kier molecular flexibility index (Phi) is 10.5. The molecule has 3 aromatic rings. The largest absolute Gasteiger partial charge is 0.507 e. The summed E-state index contributed by atoms with van der Waals surface area (Å²) in [5.41, 5.74) is 1.26. The molecule has 0 aromatic heterocycles. The van der Waals surface area contributed by atoms with Gasteiger partial charge in [-0.1, -0.05) is 25.5 Å². The fourth-order valence-corrected chi connectivity index (χ4v) is 4.24. The molecule has 214 valence electrons. The maximum absolute atomic E-state index is 12.3. The van der Waals surface area contributed by atoms with Crippen LogP contribution in [0.15, 0.2) is 42.5 Å². The first kappa shape index (κ1) is 30.4. The molecule has 0 spiro atoms. The smallest absolute Gasteiger partial charge is 0.341 e. The van der Waals surface area contributed by atoms with Gasteiger partial charge in [-0.2, -0.15) is 0 Å². The van der Waals surface area contributed by atoms with E-state index in [9.17, 15) is 19.5 Å².